The van der Waals surface area contributed by atoms with Crippen molar-refractivity contribution in [3.8, 4) is 0 Å². The molecule has 0 N–H and O–H groups in total. The fourth-order valence-electron chi connectivity index (χ4n) is 2.27. The summed E-state index contributed by atoms with van der Waals surface area (Å²) in [6, 6.07) is 6.44. The molecule has 1 aromatic heterocycles. The van der Waals surface area contributed by atoms with Crippen molar-refractivity contribution >= 4 is 11.6 Å². The number of Topliss-reactive ketones (excluding diaryl/α,β-unsaturated/α-hetero) is 2. The minimum Gasteiger partial charge on any atom is -0.294 e. The molecule has 5 heteroatoms. The molecule has 1 aliphatic rings. The number of ketones is 2. The van der Waals surface area contributed by atoms with E-state index in [0.29, 0.717) is 11.3 Å². The number of pyridine rings is 1. The maximum atomic E-state index is 13.5. The maximum absolute atomic E-state index is 13.5. The van der Waals surface area contributed by atoms with Crippen LogP contribution < -0.4 is 0 Å². The van der Waals surface area contributed by atoms with Crippen LogP contribution in [0.1, 0.15) is 39.3 Å². The van der Waals surface area contributed by atoms with Gasteiger partial charge in [-0.3, -0.25) is 14.6 Å². The van der Waals surface area contributed by atoms with Crippen molar-refractivity contribution in [3.63, 3.8) is 0 Å². The van der Waals surface area contributed by atoms with Crippen molar-refractivity contribution < 1.29 is 18.4 Å². The Labute approximate surface area is 126 Å². The van der Waals surface area contributed by atoms with Crippen molar-refractivity contribution in [1.29, 1.82) is 0 Å². The molecule has 0 amide bonds. The summed E-state index contributed by atoms with van der Waals surface area (Å²) < 4.78 is 27.1. The summed E-state index contributed by atoms with van der Waals surface area (Å²) in [5.74, 6) is -2.28. The van der Waals surface area contributed by atoms with E-state index in [1.807, 2.05) is 0 Å². The molecular formula is C17H13F2NO2. The SMILES string of the molecule is O=C(Cc1ccc(C(=O)C2CC2)cn1)c1c(F)cccc1F. The Kier molecular flexibility index (Phi) is 3.79. The third kappa shape index (κ3) is 2.93. The molecule has 3 rings (SSSR count). The predicted molar refractivity (Wildman–Crippen MR) is 75.7 cm³/mol. The van der Waals surface area contributed by atoms with Gasteiger partial charge in [0.15, 0.2) is 11.6 Å². The Morgan fingerprint density at radius 1 is 1.09 bits per heavy atom. The van der Waals surface area contributed by atoms with Gasteiger partial charge in [0.1, 0.15) is 11.6 Å². The summed E-state index contributed by atoms with van der Waals surface area (Å²) in [7, 11) is 0. The lowest BCUT2D eigenvalue weighted by Gasteiger charge is -2.05. The monoisotopic (exact) mass is 301 g/mol. The Hall–Kier alpha value is -2.43. The van der Waals surface area contributed by atoms with Crippen LogP contribution in [0.5, 0.6) is 0 Å². The molecule has 1 fully saturated rings. The van der Waals surface area contributed by atoms with Gasteiger partial charge in [0.25, 0.3) is 0 Å². The van der Waals surface area contributed by atoms with E-state index in [4.69, 9.17) is 0 Å². The average molecular weight is 301 g/mol. The molecule has 1 saturated carbocycles. The van der Waals surface area contributed by atoms with Gasteiger partial charge in [-0.05, 0) is 37.1 Å². The number of halogens is 2. The van der Waals surface area contributed by atoms with E-state index in [-0.39, 0.29) is 18.1 Å². The van der Waals surface area contributed by atoms with Crippen LogP contribution in [0, 0.1) is 17.6 Å². The van der Waals surface area contributed by atoms with E-state index in [9.17, 15) is 18.4 Å². The molecule has 0 aliphatic heterocycles. The number of hydrogen-bond acceptors (Lipinski definition) is 3. The number of rotatable bonds is 5. The standard InChI is InChI=1S/C17H13F2NO2/c18-13-2-1-3-14(19)16(13)15(21)8-12-7-6-11(9-20-12)17(22)10-4-5-10/h1-3,6-7,9-10H,4-5,8H2. The second kappa shape index (κ2) is 5.75. The normalized spacial score (nSPS) is 13.9. The van der Waals surface area contributed by atoms with Crippen LogP contribution in [-0.4, -0.2) is 16.6 Å². The van der Waals surface area contributed by atoms with Crippen LogP contribution in [0.25, 0.3) is 0 Å². The quantitative estimate of drug-likeness (QED) is 0.795. The minimum absolute atomic E-state index is 0.0607. The first-order valence-electron chi connectivity index (χ1n) is 7.02. The molecule has 0 atom stereocenters. The van der Waals surface area contributed by atoms with Gasteiger partial charge in [0.2, 0.25) is 0 Å². The number of hydrogen-bond donors (Lipinski definition) is 0. The maximum Gasteiger partial charge on any atom is 0.174 e. The molecule has 3 nitrogen and oxygen atoms in total. The van der Waals surface area contributed by atoms with E-state index in [2.05, 4.69) is 4.98 Å². The summed E-state index contributed by atoms with van der Waals surface area (Å²) in [4.78, 5) is 27.9. The highest BCUT2D eigenvalue weighted by Gasteiger charge is 2.30. The van der Waals surface area contributed by atoms with Gasteiger partial charge in [-0.25, -0.2) is 8.78 Å². The molecular weight excluding hydrogens is 288 g/mol. The Morgan fingerprint density at radius 2 is 1.77 bits per heavy atom. The van der Waals surface area contributed by atoms with Crippen molar-refractivity contribution in [3.05, 3.63) is 65.0 Å². The summed E-state index contributed by atoms with van der Waals surface area (Å²) in [6.07, 6.45) is 3.02. The van der Waals surface area contributed by atoms with Gasteiger partial charge in [-0.2, -0.15) is 0 Å². The van der Waals surface area contributed by atoms with E-state index >= 15 is 0 Å². The molecule has 22 heavy (non-hydrogen) atoms. The highest BCUT2D eigenvalue weighted by molar-refractivity contribution is 5.99. The number of nitrogens with zero attached hydrogens (tertiary/aromatic N) is 1. The van der Waals surface area contributed by atoms with Crippen LogP contribution in [-0.2, 0) is 6.42 Å². The average Bonchev–Trinajstić information content (AvgIpc) is 3.32. The highest BCUT2D eigenvalue weighted by atomic mass is 19.1. The first-order valence-corrected chi connectivity index (χ1v) is 7.02. The predicted octanol–water partition coefficient (Wildman–Crippen LogP) is 3.38. The number of carbonyl (C=O) groups is 2. The zero-order valence-electron chi connectivity index (χ0n) is 11.7. The lowest BCUT2D eigenvalue weighted by atomic mass is 10.0. The first-order chi connectivity index (χ1) is 10.6. The molecule has 2 aromatic rings. The third-order valence-corrected chi connectivity index (χ3v) is 3.64. The molecule has 1 heterocycles. The van der Waals surface area contributed by atoms with Crippen molar-refractivity contribution in [2.75, 3.05) is 0 Å². The van der Waals surface area contributed by atoms with Crippen LogP contribution in [0.3, 0.4) is 0 Å². The molecule has 1 aromatic carbocycles. The molecule has 0 unspecified atom stereocenters. The zero-order chi connectivity index (χ0) is 15.7. The first kappa shape index (κ1) is 14.5. The lowest BCUT2D eigenvalue weighted by Crippen LogP contribution is -2.10. The van der Waals surface area contributed by atoms with Gasteiger partial charge in [0.05, 0.1) is 12.0 Å². The van der Waals surface area contributed by atoms with Crippen LogP contribution in [0.15, 0.2) is 36.5 Å². The summed E-state index contributed by atoms with van der Waals surface area (Å²) in [6.45, 7) is 0. The molecule has 0 spiro atoms. The smallest absolute Gasteiger partial charge is 0.174 e. The molecule has 0 bridgehead atoms. The van der Waals surface area contributed by atoms with E-state index < -0.39 is 23.0 Å². The Balaban J connectivity index is 1.75. The molecule has 0 radical (unpaired) electrons. The molecule has 112 valence electrons. The van der Waals surface area contributed by atoms with E-state index in [0.717, 1.165) is 25.0 Å². The number of benzene rings is 1. The van der Waals surface area contributed by atoms with Gasteiger partial charge in [0, 0.05) is 23.4 Å². The third-order valence-electron chi connectivity index (χ3n) is 3.64. The Bertz CT molecular complexity index is 717. The van der Waals surface area contributed by atoms with E-state index in [1.54, 1.807) is 12.1 Å². The fourth-order valence-corrected chi connectivity index (χ4v) is 2.27. The summed E-state index contributed by atoms with van der Waals surface area (Å²) in [5, 5.41) is 0. The fraction of sp³-hybridized carbons (Fsp3) is 0.235. The lowest BCUT2D eigenvalue weighted by molar-refractivity contribution is 0.0965. The molecule has 1 aliphatic carbocycles. The van der Waals surface area contributed by atoms with Crippen molar-refractivity contribution in [2.24, 2.45) is 5.92 Å². The van der Waals surface area contributed by atoms with Crippen LogP contribution >= 0.6 is 0 Å². The van der Waals surface area contributed by atoms with Crippen LogP contribution in [0.4, 0.5) is 8.78 Å². The van der Waals surface area contributed by atoms with E-state index in [1.165, 1.54) is 12.3 Å². The number of carbonyl (C=O) groups excluding carboxylic acids is 2. The van der Waals surface area contributed by atoms with Gasteiger partial charge < -0.3 is 0 Å². The van der Waals surface area contributed by atoms with Gasteiger partial charge in [-0.1, -0.05) is 6.07 Å². The van der Waals surface area contributed by atoms with Crippen molar-refractivity contribution in [2.45, 2.75) is 19.3 Å². The highest BCUT2D eigenvalue weighted by Crippen LogP contribution is 2.32. The summed E-state index contributed by atoms with van der Waals surface area (Å²) in [5.41, 5.74) is 0.332. The largest absolute Gasteiger partial charge is 0.294 e. The van der Waals surface area contributed by atoms with Gasteiger partial charge in [-0.15, -0.1) is 0 Å². The zero-order valence-corrected chi connectivity index (χ0v) is 11.7. The van der Waals surface area contributed by atoms with Gasteiger partial charge >= 0.3 is 0 Å². The minimum atomic E-state index is -0.884. The van der Waals surface area contributed by atoms with Crippen LogP contribution in [0.2, 0.25) is 0 Å². The second-order valence-corrected chi connectivity index (χ2v) is 5.37. The van der Waals surface area contributed by atoms with Crippen molar-refractivity contribution in [1.82, 2.24) is 4.98 Å². The number of aromatic nitrogens is 1. The summed E-state index contributed by atoms with van der Waals surface area (Å²) >= 11 is 0. The topological polar surface area (TPSA) is 47.0 Å². The molecule has 0 saturated heterocycles. The Morgan fingerprint density at radius 3 is 2.32 bits per heavy atom. The second-order valence-electron chi connectivity index (χ2n) is 5.37.